The summed E-state index contributed by atoms with van der Waals surface area (Å²) in [6.07, 6.45) is 5.44. The van der Waals surface area contributed by atoms with E-state index in [-0.39, 0.29) is 5.92 Å². The molecule has 3 heteroatoms. The Kier molecular flexibility index (Phi) is 4.22. The number of hydrogen-bond acceptors (Lipinski definition) is 3. The largest absolute Gasteiger partial charge is 0.437 e. The van der Waals surface area contributed by atoms with E-state index in [1.807, 2.05) is 12.1 Å². The zero-order valence-electron chi connectivity index (χ0n) is 14.4. The molecule has 0 aliphatic heterocycles. The lowest BCUT2D eigenvalue weighted by molar-refractivity contribution is 0.652. The van der Waals surface area contributed by atoms with E-state index >= 15 is 0 Å². The average molecular weight is 316 g/mol. The number of hydrogen-bond donors (Lipinski definition) is 0. The van der Waals surface area contributed by atoms with E-state index in [2.05, 4.69) is 57.0 Å². The molecule has 0 spiro atoms. The molecule has 0 atom stereocenters. The Labute approximate surface area is 141 Å². The number of aryl methyl sites for hydroxylation is 1. The molecule has 0 radical (unpaired) electrons. The molecule has 0 unspecified atom stereocenters. The van der Waals surface area contributed by atoms with Crippen molar-refractivity contribution in [2.45, 2.75) is 27.7 Å². The van der Waals surface area contributed by atoms with Crippen molar-refractivity contribution in [1.82, 2.24) is 4.98 Å². The summed E-state index contributed by atoms with van der Waals surface area (Å²) in [5, 5.41) is 11.1. The second-order valence-corrected chi connectivity index (χ2v) is 6.35. The Balaban J connectivity index is 2.27. The quantitative estimate of drug-likeness (QED) is 0.453. The molecule has 3 rings (SSSR count). The molecular formula is C21H20N2O. The van der Waals surface area contributed by atoms with Crippen LogP contribution in [0, 0.1) is 24.2 Å². The normalized spacial score (nSPS) is 13.0. The molecule has 1 aromatic carbocycles. The number of aromatic nitrogens is 1. The molecule has 3 nitrogen and oxygen atoms in total. The van der Waals surface area contributed by atoms with Gasteiger partial charge in [-0.3, -0.25) is 0 Å². The predicted octanol–water partition coefficient (Wildman–Crippen LogP) is 5.80. The maximum atomic E-state index is 9.01. The van der Waals surface area contributed by atoms with E-state index in [4.69, 9.17) is 9.68 Å². The number of furan rings is 1. The van der Waals surface area contributed by atoms with Gasteiger partial charge in [0.25, 0.3) is 0 Å². The topological polar surface area (TPSA) is 49.8 Å². The van der Waals surface area contributed by atoms with Gasteiger partial charge in [0.05, 0.1) is 6.07 Å². The van der Waals surface area contributed by atoms with Crippen LogP contribution in [-0.2, 0) is 0 Å². The van der Waals surface area contributed by atoms with Gasteiger partial charge in [0.2, 0.25) is 5.71 Å². The molecule has 3 aromatic rings. The number of nitriles is 1. The second-order valence-electron chi connectivity index (χ2n) is 6.35. The molecule has 0 amide bonds. The van der Waals surface area contributed by atoms with E-state index in [1.165, 1.54) is 0 Å². The van der Waals surface area contributed by atoms with Crippen molar-refractivity contribution in [3.63, 3.8) is 0 Å². The zero-order chi connectivity index (χ0) is 17.3. The van der Waals surface area contributed by atoms with Crippen LogP contribution in [0.2, 0.25) is 0 Å². The highest BCUT2D eigenvalue weighted by Crippen LogP contribution is 2.35. The first kappa shape index (κ1) is 16.0. The van der Waals surface area contributed by atoms with Crippen molar-refractivity contribution in [2.75, 3.05) is 0 Å². The van der Waals surface area contributed by atoms with Crippen molar-refractivity contribution in [3.8, 4) is 6.07 Å². The van der Waals surface area contributed by atoms with Crippen molar-refractivity contribution in [3.05, 3.63) is 59.3 Å². The molecule has 2 aromatic heterocycles. The van der Waals surface area contributed by atoms with E-state index in [9.17, 15) is 0 Å². The fraction of sp³-hybridized carbons (Fsp3) is 0.238. The Morgan fingerprint density at radius 2 is 2.04 bits per heavy atom. The van der Waals surface area contributed by atoms with Crippen LogP contribution >= 0.6 is 0 Å². The first-order chi connectivity index (χ1) is 11.5. The Morgan fingerprint density at radius 1 is 1.25 bits per heavy atom. The number of fused-ring (bicyclic) bond motifs is 3. The highest BCUT2D eigenvalue weighted by atomic mass is 16.3. The molecule has 0 saturated heterocycles. The van der Waals surface area contributed by atoms with Gasteiger partial charge in [-0.25, -0.2) is 4.98 Å². The van der Waals surface area contributed by atoms with Gasteiger partial charge in [-0.05, 0) is 48.6 Å². The highest BCUT2D eigenvalue weighted by Gasteiger charge is 2.15. The summed E-state index contributed by atoms with van der Waals surface area (Å²) in [5.74, 6) is 0.288. The summed E-state index contributed by atoms with van der Waals surface area (Å²) in [4.78, 5) is 4.33. The lowest BCUT2D eigenvalue weighted by atomic mass is 9.94. The Bertz CT molecular complexity index is 1010. The molecule has 24 heavy (non-hydrogen) atoms. The number of nitrogens with zero attached hydrogens (tertiary/aromatic N) is 2. The highest BCUT2D eigenvalue weighted by molar-refractivity contribution is 6.07. The summed E-state index contributed by atoms with van der Waals surface area (Å²) in [7, 11) is 0. The summed E-state index contributed by atoms with van der Waals surface area (Å²) in [6.45, 7) is 8.32. The van der Waals surface area contributed by atoms with Crippen LogP contribution in [0.5, 0.6) is 0 Å². The second kappa shape index (κ2) is 6.33. The molecule has 120 valence electrons. The molecule has 0 aliphatic carbocycles. The van der Waals surface area contributed by atoms with Gasteiger partial charge in [-0.1, -0.05) is 32.1 Å². The van der Waals surface area contributed by atoms with Crippen LogP contribution in [0.1, 0.15) is 31.9 Å². The number of rotatable bonds is 3. The zero-order valence-corrected chi connectivity index (χ0v) is 14.4. The number of allylic oxidation sites excluding steroid dienone is 4. The maximum Gasteiger partial charge on any atom is 0.227 e. The van der Waals surface area contributed by atoms with Crippen molar-refractivity contribution < 1.29 is 4.42 Å². The van der Waals surface area contributed by atoms with Gasteiger partial charge in [-0.2, -0.15) is 5.26 Å². The molecular weight excluding hydrogens is 296 g/mol. The average Bonchev–Trinajstić information content (AvgIpc) is 2.92. The van der Waals surface area contributed by atoms with Crippen LogP contribution < -0.4 is 0 Å². The van der Waals surface area contributed by atoms with E-state index < -0.39 is 0 Å². The Morgan fingerprint density at radius 3 is 2.75 bits per heavy atom. The minimum Gasteiger partial charge on any atom is -0.437 e. The van der Waals surface area contributed by atoms with E-state index in [0.29, 0.717) is 5.71 Å². The van der Waals surface area contributed by atoms with Gasteiger partial charge in [0, 0.05) is 28.6 Å². The first-order valence-corrected chi connectivity index (χ1v) is 8.08. The van der Waals surface area contributed by atoms with Gasteiger partial charge in [0.1, 0.15) is 5.58 Å². The SMILES string of the molecule is C/C(=C\C(=C/C#N)C(C)C)c1c(C)ccc2c1oc1ncccc12. The molecule has 0 fully saturated rings. The van der Waals surface area contributed by atoms with Gasteiger partial charge in [0.15, 0.2) is 0 Å². The molecule has 0 bridgehead atoms. The molecule has 2 heterocycles. The van der Waals surface area contributed by atoms with Gasteiger partial charge >= 0.3 is 0 Å². The summed E-state index contributed by atoms with van der Waals surface area (Å²) >= 11 is 0. The third-order valence-corrected chi connectivity index (χ3v) is 4.30. The summed E-state index contributed by atoms with van der Waals surface area (Å²) in [5.41, 5.74) is 5.85. The van der Waals surface area contributed by atoms with Crippen LogP contribution in [0.4, 0.5) is 0 Å². The first-order valence-electron chi connectivity index (χ1n) is 8.08. The number of pyridine rings is 1. The molecule has 0 N–H and O–H groups in total. The van der Waals surface area contributed by atoms with Crippen molar-refractivity contribution >= 4 is 27.6 Å². The fourth-order valence-electron chi connectivity index (χ4n) is 3.03. The monoisotopic (exact) mass is 316 g/mol. The third-order valence-electron chi connectivity index (χ3n) is 4.30. The lowest BCUT2D eigenvalue weighted by Gasteiger charge is -2.10. The third kappa shape index (κ3) is 2.72. The van der Waals surface area contributed by atoms with Crippen LogP contribution in [0.15, 0.2) is 52.6 Å². The van der Waals surface area contributed by atoms with Crippen molar-refractivity contribution in [1.29, 1.82) is 5.26 Å². The minimum absolute atomic E-state index is 0.288. The summed E-state index contributed by atoms with van der Waals surface area (Å²) < 4.78 is 6.05. The smallest absolute Gasteiger partial charge is 0.227 e. The molecule has 0 aliphatic rings. The van der Waals surface area contributed by atoms with E-state index in [0.717, 1.165) is 38.6 Å². The van der Waals surface area contributed by atoms with Crippen LogP contribution in [0.25, 0.3) is 27.6 Å². The van der Waals surface area contributed by atoms with Crippen LogP contribution in [-0.4, -0.2) is 4.98 Å². The lowest BCUT2D eigenvalue weighted by Crippen LogP contribution is -1.93. The molecule has 0 saturated carbocycles. The van der Waals surface area contributed by atoms with Crippen molar-refractivity contribution in [2.24, 2.45) is 5.92 Å². The Hall–Kier alpha value is -2.86. The number of benzene rings is 1. The maximum absolute atomic E-state index is 9.01. The fourth-order valence-corrected chi connectivity index (χ4v) is 3.03. The predicted molar refractivity (Wildman–Crippen MR) is 98.4 cm³/mol. The van der Waals surface area contributed by atoms with Gasteiger partial charge in [-0.15, -0.1) is 0 Å². The minimum atomic E-state index is 0.288. The van der Waals surface area contributed by atoms with Crippen LogP contribution in [0.3, 0.4) is 0 Å². The van der Waals surface area contributed by atoms with Gasteiger partial charge < -0.3 is 4.42 Å². The summed E-state index contributed by atoms with van der Waals surface area (Å²) in [6, 6.07) is 10.3. The van der Waals surface area contributed by atoms with E-state index in [1.54, 1.807) is 12.3 Å². The standard InChI is InChI=1S/C21H20N2O/c1-13(2)16(9-10-22)12-15(4)19-14(3)7-8-17-18-6-5-11-23-21(18)24-20(17)19/h5-9,11-13H,1-4H3/b15-12+,16-9+.